The summed E-state index contributed by atoms with van der Waals surface area (Å²) in [6, 6.07) is -1.15. The fourth-order valence-electron chi connectivity index (χ4n) is 1.22. The molecule has 1 N–H and O–H groups in total. The Labute approximate surface area is 82.1 Å². The summed E-state index contributed by atoms with van der Waals surface area (Å²) in [5.41, 5.74) is 0. The summed E-state index contributed by atoms with van der Waals surface area (Å²) >= 11 is 0. The first-order valence-electron chi connectivity index (χ1n) is 4.67. The van der Waals surface area contributed by atoms with E-state index < -0.39 is 23.9 Å². The average Bonchev–Trinajstić information content (AvgIpc) is 2.87. The van der Waals surface area contributed by atoms with Gasteiger partial charge in [-0.3, -0.25) is 0 Å². The van der Waals surface area contributed by atoms with Crippen LogP contribution in [-0.2, 0) is 9.59 Å². The van der Waals surface area contributed by atoms with Gasteiger partial charge in [0.2, 0.25) is 0 Å². The van der Waals surface area contributed by atoms with Gasteiger partial charge in [0, 0.05) is 11.9 Å². The lowest BCUT2D eigenvalue weighted by Crippen LogP contribution is -2.54. The van der Waals surface area contributed by atoms with Gasteiger partial charge in [-0.25, -0.2) is 0 Å². The molecule has 0 aromatic carbocycles. The average molecular weight is 199 g/mol. The summed E-state index contributed by atoms with van der Waals surface area (Å²) in [4.78, 5) is 21.1. The van der Waals surface area contributed by atoms with Crippen LogP contribution in [0.5, 0.6) is 0 Å². The van der Waals surface area contributed by atoms with Crippen molar-refractivity contribution in [2.45, 2.75) is 25.8 Å². The predicted octanol–water partition coefficient (Wildman–Crippen LogP) is -2.51. The van der Waals surface area contributed by atoms with Gasteiger partial charge < -0.3 is 25.1 Å². The second-order valence-electron chi connectivity index (χ2n) is 3.76. The normalized spacial score (nSPS) is 20.1. The summed E-state index contributed by atoms with van der Waals surface area (Å²) in [6.45, 7) is 1.84. The molecule has 1 aliphatic rings. The first-order chi connectivity index (χ1) is 6.52. The Hall–Kier alpha value is -1.10. The largest absolute Gasteiger partial charge is 0.550 e. The summed E-state index contributed by atoms with van der Waals surface area (Å²) in [6.07, 6.45) is 2.15. The van der Waals surface area contributed by atoms with Crippen LogP contribution >= 0.6 is 0 Å². The monoisotopic (exact) mass is 199 g/mol. The van der Waals surface area contributed by atoms with Gasteiger partial charge in [0.15, 0.2) is 0 Å². The third-order valence-corrected chi connectivity index (χ3v) is 2.45. The smallest absolute Gasteiger partial charge is 0.0590 e. The molecule has 1 saturated carbocycles. The van der Waals surface area contributed by atoms with Crippen LogP contribution in [0.4, 0.5) is 0 Å². The van der Waals surface area contributed by atoms with Gasteiger partial charge in [0.1, 0.15) is 0 Å². The minimum atomic E-state index is -1.39. The topological polar surface area (TPSA) is 92.3 Å². The maximum atomic E-state index is 10.6. The molecule has 0 saturated heterocycles. The van der Waals surface area contributed by atoms with Gasteiger partial charge in [-0.1, -0.05) is 6.92 Å². The fourth-order valence-corrected chi connectivity index (χ4v) is 1.22. The molecule has 1 fully saturated rings. The minimum Gasteiger partial charge on any atom is -0.550 e. The summed E-state index contributed by atoms with van der Waals surface area (Å²) in [7, 11) is 0. The standard InChI is InChI=1S/C9H15NO4/c1-5(8(11)12)7(9(13)14)10-4-6-2-3-6/h5-7,10H,2-4H2,1H3,(H,11,12)(H,13,14)/p-2. The highest BCUT2D eigenvalue weighted by molar-refractivity contribution is 5.80. The number of hydrogen-bond acceptors (Lipinski definition) is 5. The molecule has 0 heterocycles. The van der Waals surface area contributed by atoms with Crippen molar-refractivity contribution < 1.29 is 19.8 Å². The van der Waals surface area contributed by atoms with Gasteiger partial charge in [-0.15, -0.1) is 0 Å². The van der Waals surface area contributed by atoms with Crippen LogP contribution in [0.3, 0.4) is 0 Å². The molecule has 5 heteroatoms. The zero-order valence-corrected chi connectivity index (χ0v) is 7.99. The summed E-state index contributed by atoms with van der Waals surface area (Å²) in [5, 5.41) is 23.8. The highest BCUT2D eigenvalue weighted by Crippen LogP contribution is 2.27. The number of nitrogens with one attached hydrogen (secondary N) is 1. The summed E-state index contributed by atoms with van der Waals surface area (Å²) in [5.74, 6) is -3.34. The van der Waals surface area contributed by atoms with Crippen molar-refractivity contribution in [3.05, 3.63) is 0 Å². The Bertz CT molecular complexity index is 237. The van der Waals surface area contributed by atoms with Crippen LogP contribution in [0.15, 0.2) is 0 Å². The molecule has 0 bridgehead atoms. The van der Waals surface area contributed by atoms with Gasteiger partial charge in [0.25, 0.3) is 0 Å². The Morgan fingerprint density at radius 1 is 1.36 bits per heavy atom. The molecule has 0 aliphatic heterocycles. The van der Waals surface area contributed by atoms with Gasteiger partial charge in [-0.05, 0) is 25.3 Å². The lowest BCUT2D eigenvalue weighted by molar-refractivity contribution is -0.322. The molecule has 0 aromatic rings. The molecule has 2 atom stereocenters. The maximum Gasteiger partial charge on any atom is 0.0590 e. The number of carbonyl (C=O) groups is 2. The molecule has 14 heavy (non-hydrogen) atoms. The lowest BCUT2D eigenvalue weighted by atomic mass is 10.0. The zero-order chi connectivity index (χ0) is 10.7. The van der Waals surface area contributed by atoms with E-state index in [0.29, 0.717) is 12.5 Å². The quantitative estimate of drug-likeness (QED) is 0.510. The van der Waals surface area contributed by atoms with E-state index in [1.807, 2.05) is 0 Å². The van der Waals surface area contributed by atoms with Gasteiger partial charge in [0.05, 0.1) is 12.0 Å². The SMILES string of the molecule is CC(C(=O)[O-])C(NCC1CC1)C(=O)[O-]. The number of carbonyl (C=O) groups excluding carboxylic acids is 2. The van der Waals surface area contributed by atoms with E-state index in [9.17, 15) is 19.8 Å². The zero-order valence-electron chi connectivity index (χ0n) is 7.99. The first kappa shape index (κ1) is 11.0. The van der Waals surface area contributed by atoms with E-state index in [4.69, 9.17) is 0 Å². The second-order valence-corrected chi connectivity index (χ2v) is 3.76. The molecule has 0 radical (unpaired) electrons. The number of carboxylic acid groups (broad SMARTS) is 2. The van der Waals surface area contributed by atoms with Crippen LogP contribution < -0.4 is 15.5 Å². The van der Waals surface area contributed by atoms with Crippen LogP contribution in [0.1, 0.15) is 19.8 Å². The lowest BCUT2D eigenvalue weighted by Gasteiger charge is -2.26. The van der Waals surface area contributed by atoms with Crippen molar-refractivity contribution in [3.63, 3.8) is 0 Å². The van der Waals surface area contributed by atoms with E-state index >= 15 is 0 Å². The number of hydrogen-bond donors (Lipinski definition) is 1. The Kier molecular flexibility index (Phi) is 3.46. The number of aliphatic carboxylic acids is 2. The van der Waals surface area contributed by atoms with E-state index in [2.05, 4.69) is 5.32 Å². The molecule has 1 aliphatic carbocycles. The molecule has 1 rings (SSSR count). The molecular formula is C9H13NO4-2. The fraction of sp³-hybridized carbons (Fsp3) is 0.778. The molecule has 80 valence electrons. The van der Waals surface area contributed by atoms with Crippen LogP contribution in [0, 0.1) is 11.8 Å². The van der Waals surface area contributed by atoms with Crippen molar-refractivity contribution in [1.29, 1.82) is 0 Å². The van der Waals surface area contributed by atoms with Crippen LogP contribution in [0.2, 0.25) is 0 Å². The predicted molar refractivity (Wildman–Crippen MR) is 43.7 cm³/mol. The molecule has 2 unspecified atom stereocenters. The Morgan fingerprint density at radius 3 is 2.29 bits per heavy atom. The van der Waals surface area contributed by atoms with Crippen molar-refractivity contribution in [2.24, 2.45) is 11.8 Å². The molecule has 0 amide bonds. The van der Waals surface area contributed by atoms with Crippen molar-refractivity contribution in [1.82, 2.24) is 5.32 Å². The Morgan fingerprint density at radius 2 is 1.93 bits per heavy atom. The van der Waals surface area contributed by atoms with Gasteiger partial charge in [-0.2, -0.15) is 0 Å². The third-order valence-electron chi connectivity index (χ3n) is 2.45. The molecule has 0 spiro atoms. The first-order valence-corrected chi connectivity index (χ1v) is 4.67. The molecule has 5 nitrogen and oxygen atoms in total. The van der Waals surface area contributed by atoms with E-state index in [1.165, 1.54) is 6.92 Å². The van der Waals surface area contributed by atoms with Crippen molar-refractivity contribution in [3.8, 4) is 0 Å². The third kappa shape index (κ3) is 2.99. The highest BCUT2D eigenvalue weighted by atomic mass is 16.4. The van der Waals surface area contributed by atoms with Crippen molar-refractivity contribution in [2.75, 3.05) is 6.54 Å². The van der Waals surface area contributed by atoms with Gasteiger partial charge >= 0.3 is 0 Å². The number of rotatable bonds is 6. The molecule has 0 aromatic heterocycles. The molecular weight excluding hydrogens is 186 g/mol. The number of carboxylic acids is 2. The second kappa shape index (κ2) is 4.41. The van der Waals surface area contributed by atoms with E-state index in [0.717, 1.165) is 12.8 Å². The highest BCUT2D eigenvalue weighted by Gasteiger charge is 2.25. The van der Waals surface area contributed by atoms with Crippen LogP contribution in [-0.4, -0.2) is 24.5 Å². The minimum absolute atomic E-state index is 0.491. The maximum absolute atomic E-state index is 10.6. The Balaban J connectivity index is 2.44. The summed E-state index contributed by atoms with van der Waals surface area (Å²) < 4.78 is 0. The van der Waals surface area contributed by atoms with E-state index in [1.54, 1.807) is 0 Å². The van der Waals surface area contributed by atoms with E-state index in [-0.39, 0.29) is 0 Å². The van der Waals surface area contributed by atoms with Crippen LogP contribution in [0.25, 0.3) is 0 Å². The van der Waals surface area contributed by atoms with Crippen molar-refractivity contribution >= 4 is 11.9 Å².